The number of aromatic amines is 1. The molecule has 1 aromatic heterocycles. The molecule has 0 spiro atoms. The van der Waals surface area contributed by atoms with Gasteiger partial charge in [0.25, 0.3) is 0 Å². The number of anilines is 1. The van der Waals surface area contributed by atoms with Gasteiger partial charge in [-0.25, -0.2) is 4.79 Å². The standard InChI is InChI=1S/C27H32N4O5/c1-34-22-16-20-21(17-23(22)35-2)28-26(27(33)36-3)25(20)29-24(32)18-31-14-12-30(13-15-31)11-7-10-19-8-5-4-6-9-19/h4-10,16-17,28H,11-15,18H2,1-3H3,(H,29,32). The molecule has 36 heavy (non-hydrogen) atoms. The summed E-state index contributed by atoms with van der Waals surface area (Å²) in [4.78, 5) is 32.9. The summed E-state index contributed by atoms with van der Waals surface area (Å²) in [6, 6.07) is 13.7. The zero-order chi connectivity index (χ0) is 25.5. The number of benzene rings is 2. The molecule has 1 saturated heterocycles. The van der Waals surface area contributed by atoms with Crippen LogP contribution in [-0.4, -0.2) is 87.3 Å². The van der Waals surface area contributed by atoms with Gasteiger partial charge in [-0.15, -0.1) is 0 Å². The third-order valence-corrected chi connectivity index (χ3v) is 6.26. The van der Waals surface area contributed by atoms with E-state index in [4.69, 9.17) is 14.2 Å². The van der Waals surface area contributed by atoms with E-state index in [0.29, 0.717) is 28.1 Å². The van der Waals surface area contributed by atoms with Crippen LogP contribution < -0.4 is 14.8 Å². The molecule has 2 aromatic carbocycles. The molecule has 1 fully saturated rings. The average Bonchev–Trinajstić information content (AvgIpc) is 3.25. The Morgan fingerprint density at radius 3 is 2.31 bits per heavy atom. The summed E-state index contributed by atoms with van der Waals surface area (Å²) in [5, 5.41) is 3.55. The predicted octanol–water partition coefficient (Wildman–Crippen LogP) is 3.24. The zero-order valence-electron chi connectivity index (χ0n) is 20.9. The summed E-state index contributed by atoms with van der Waals surface area (Å²) in [7, 11) is 4.37. The Bertz CT molecular complexity index is 1230. The van der Waals surface area contributed by atoms with Crippen molar-refractivity contribution in [3.05, 3.63) is 59.8 Å². The molecule has 2 N–H and O–H groups in total. The topological polar surface area (TPSA) is 96.1 Å². The molecule has 0 unspecified atom stereocenters. The minimum absolute atomic E-state index is 0.172. The van der Waals surface area contributed by atoms with Crippen LogP contribution in [0.2, 0.25) is 0 Å². The lowest BCUT2D eigenvalue weighted by Crippen LogP contribution is -2.48. The van der Waals surface area contributed by atoms with Crippen LogP contribution in [-0.2, 0) is 9.53 Å². The molecule has 1 aliphatic rings. The largest absolute Gasteiger partial charge is 0.493 e. The number of nitrogens with zero attached hydrogens (tertiary/aromatic N) is 2. The fraction of sp³-hybridized carbons (Fsp3) is 0.333. The van der Waals surface area contributed by atoms with Gasteiger partial charge in [0, 0.05) is 44.2 Å². The van der Waals surface area contributed by atoms with Crippen LogP contribution in [0, 0.1) is 0 Å². The number of aromatic nitrogens is 1. The van der Waals surface area contributed by atoms with Gasteiger partial charge in [0.1, 0.15) is 5.69 Å². The van der Waals surface area contributed by atoms with Crippen molar-refractivity contribution in [3.63, 3.8) is 0 Å². The molecule has 0 bridgehead atoms. The van der Waals surface area contributed by atoms with E-state index in [2.05, 4.69) is 44.4 Å². The van der Waals surface area contributed by atoms with Gasteiger partial charge in [-0.3, -0.25) is 14.6 Å². The maximum Gasteiger partial charge on any atom is 0.356 e. The van der Waals surface area contributed by atoms with Crippen LogP contribution in [0.4, 0.5) is 5.69 Å². The number of hydrogen-bond donors (Lipinski definition) is 2. The van der Waals surface area contributed by atoms with Crippen molar-refractivity contribution in [2.45, 2.75) is 0 Å². The molecule has 4 rings (SSSR count). The molecule has 1 amide bonds. The number of fused-ring (bicyclic) bond motifs is 1. The fourth-order valence-electron chi connectivity index (χ4n) is 4.32. The summed E-state index contributed by atoms with van der Waals surface area (Å²) in [6.45, 7) is 4.44. The lowest BCUT2D eigenvalue weighted by molar-refractivity contribution is -0.117. The first kappa shape index (κ1) is 25.3. The van der Waals surface area contributed by atoms with Gasteiger partial charge in [-0.1, -0.05) is 42.5 Å². The molecule has 9 heteroatoms. The smallest absolute Gasteiger partial charge is 0.356 e. The summed E-state index contributed by atoms with van der Waals surface area (Å²) < 4.78 is 15.7. The van der Waals surface area contributed by atoms with Gasteiger partial charge in [-0.2, -0.15) is 0 Å². The molecule has 0 aliphatic carbocycles. The highest BCUT2D eigenvalue weighted by Gasteiger charge is 2.24. The third-order valence-electron chi connectivity index (χ3n) is 6.26. The first-order chi connectivity index (χ1) is 17.5. The van der Waals surface area contributed by atoms with Crippen molar-refractivity contribution >= 4 is 34.5 Å². The minimum atomic E-state index is -0.573. The lowest BCUT2D eigenvalue weighted by Gasteiger charge is -2.33. The van der Waals surface area contributed by atoms with E-state index in [1.807, 2.05) is 18.2 Å². The zero-order valence-corrected chi connectivity index (χ0v) is 20.9. The van der Waals surface area contributed by atoms with Gasteiger partial charge in [0.2, 0.25) is 5.91 Å². The van der Waals surface area contributed by atoms with Crippen molar-refractivity contribution in [2.24, 2.45) is 0 Å². The molecule has 9 nitrogen and oxygen atoms in total. The maximum absolute atomic E-state index is 13.0. The highest BCUT2D eigenvalue weighted by atomic mass is 16.5. The minimum Gasteiger partial charge on any atom is -0.493 e. The molecular weight excluding hydrogens is 460 g/mol. The van der Waals surface area contributed by atoms with Crippen molar-refractivity contribution < 1.29 is 23.8 Å². The van der Waals surface area contributed by atoms with E-state index in [0.717, 1.165) is 32.7 Å². The van der Waals surface area contributed by atoms with Gasteiger partial charge in [0.05, 0.1) is 39.1 Å². The Hall–Kier alpha value is -3.82. The summed E-state index contributed by atoms with van der Waals surface area (Å²) in [5.41, 5.74) is 2.35. The number of esters is 1. The Morgan fingerprint density at radius 2 is 1.64 bits per heavy atom. The van der Waals surface area contributed by atoms with Gasteiger partial charge >= 0.3 is 5.97 Å². The normalized spacial score (nSPS) is 14.8. The van der Waals surface area contributed by atoms with E-state index in [9.17, 15) is 9.59 Å². The van der Waals surface area contributed by atoms with Crippen LogP contribution in [0.1, 0.15) is 16.1 Å². The Balaban J connectivity index is 1.38. The highest BCUT2D eigenvalue weighted by Crippen LogP contribution is 2.37. The second kappa shape index (κ2) is 11.7. The van der Waals surface area contributed by atoms with E-state index >= 15 is 0 Å². The number of carbonyl (C=O) groups is 2. The van der Waals surface area contributed by atoms with E-state index in [-0.39, 0.29) is 18.1 Å². The molecule has 1 aliphatic heterocycles. The second-order valence-electron chi connectivity index (χ2n) is 8.56. The van der Waals surface area contributed by atoms with Crippen molar-refractivity contribution in [2.75, 3.05) is 65.9 Å². The van der Waals surface area contributed by atoms with Crippen LogP contribution in [0.3, 0.4) is 0 Å². The molecule has 3 aromatic rings. The van der Waals surface area contributed by atoms with Crippen molar-refractivity contribution in [1.82, 2.24) is 14.8 Å². The summed E-state index contributed by atoms with van der Waals surface area (Å²) in [6.07, 6.45) is 4.30. The second-order valence-corrected chi connectivity index (χ2v) is 8.56. The average molecular weight is 493 g/mol. The number of amides is 1. The summed E-state index contributed by atoms with van der Waals surface area (Å²) in [5.74, 6) is 0.232. The van der Waals surface area contributed by atoms with E-state index < -0.39 is 5.97 Å². The molecule has 2 heterocycles. The molecule has 0 radical (unpaired) electrons. The van der Waals surface area contributed by atoms with Gasteiger partial charge < -0.3 is 24.5 Å². The Morgan fingerprint density at radius 1 is 0.972 bits per heavy atom. The first-order valence-corrected chi connectivity index (χ1v) is 11.8. The molecule has 190 valence electrons. The highest BCUT2D eigenvalue weighted by molar-refractivity contribution is 6.11. The first-order valence-electron chi connectivity index (χ1n) is 11.8. The van der Waals surface area contributed by atoms with Crippen LogP contribution in [0.5, 0.6) is 11.5 Å². The number of nitrogens with one attached hydrogen (secondary N) is 2. The van der Waals surface area contributed by atoms with Crippen LogP contribution >= 0.6 is 0 Å². The van der Waals surface area contributed by atoms with Crippen LogP contribution in [0.25, 0.3) is 17.0 Å². The number of rotatable bonds is 9. The molecular formula is C27H32N4O5. The number of methoxy groups -OCH3 is 3. The number of H-pyrrole nitrogens is 1. The maximum atomic E-state index is 13.0. The quantitative estimate of drug-likeness (QED) is 0.443. The predicted molar refractivity (Wildman–Crippen MR) is 140 cm³/mol. The van der Waals surface area contributed by atoms with Crippen LogP contribution in [0.15, 0.2) is 48.5 Å². The third kappa shape index (κ3) is 5.87. The molecule has 0 saturated carbocycles. The fourth-order valence-corrected chi connectivity index (χ4v) is 4.32. The number of piperazine rings is 1. The Labute approximate surface area is 210 Å². The van der Waals surface area contributed by atoms with E-state index in [1.165, 1.54) is 26.9 Å². The van der Waals surface area contributed by atoms with Gasteiger partial charge in [0.15, 0.2) is 11.5 Å². The lowest BCUT2D eigenvalue weighted by atomic mass is 10.2. The Kier molecular flexibility index (Phi) is 8.24. The summed E-state index contributed by atoms with van der Waals surface area (Å²) >= 11 is 0. The monoisotopic (exact) mass is 492 g/mol. The van der Waals surface area contributed by atoms with Crippen molar-refractivity contribution in [3.8, 4) is 11.5 Å². The molecule has 0 atom stereocenters. The van der Waals surface area contributed by atoms with E-state index in [1.54, 1.807) is 12.1 Å². The number of ether oxygens (including phenoxy) is 3. The number of hydrogen-bond acceptors (Lipinski definition) is 7. The number of carbonyl (C=O) groups excluding carboxylic acids is 2. The SMILES string of the molecule is COC(=O)c1[nH]c2cc(OC)c(OC)cc2c1NC(=O)CN1CCN(CC=Cc2ccccc2)CC1. The van der Waals surface area contributed by atoms with Gasteiger partial charge in [-0.05, 0) is 11.6 Å². The van der Waals surface area contributed by atoms with Crippen molar-refractivity contribution in [1.29, 1.82) is 0 Å².